The van der Waals surface area contributed by atoms with Crippen molar-refractivity contribution in [2.45, 2.75) is 32.6 Å². The van der Waals surface area contributed by atoms with Crippen LogP contribution in [0, 0.1) is 6.58 Å². The summed E-state index contributed by atoms with van der Waals surface area (Å²) in [6, 6.07) is 6.61. The third-order valence-corrected chi connectivity index (χ3v) is 2.71. The fourth-order valence-electron chi connectivity index (χ4n) is 2.16. The zero-order chi connectivity index (χ0) is 9.26. The summed E-state index contributed by atoms with van der Waals surface area (Å²) in [5.41, 5.74) is 5.56. The maximum Gasteiger partial charge on any atom is -0.00639 e. The van der Waals surface area contributed by atoms with Gasteiger partial charge < -0.3 is 0 Å². The number of hydrogen-bond donors (Lipinski definition) is 0. The van der Waals surface area contributed by atoms with Crippen LogP contribution in [-0.4, -0.2) is 0 Å². The van der Waals surface area contributed by atoms with Crippen LogP contribution in [0.15, 0.2) is 23.8 Å². The summed E-state index contributed by atoms with van der Waals surface area (Å²) in [6.07, 6.45) is 4.77. The number of benzene rings is 1. The standard InChI is InChI=1S/C13H15/c1-10(2)9-12-7-3-5-11-6-4-8-13(11)12/h1,3,5,7H,4,6,8-9H2,2H3. The van der Waals surface area contributed by atoms with Crippen molar-refractivity contribution in [3.05, 3.63) is 47.0 Å². The van der Waals surface area contributed by atoms with Crippen LogP contribution in [0.3, 0.4) is 0 Å². The van der Waals surface area contributed by atoms with Gasteiger partial charge in [0, 0.05) is 0 Å². The van der Waals surface area contributed by atoms with Gasteiger partial charge in [0.15, 0.2) is 0 Å². The van der Waals surface area contributed by atoms with Gasteiger partial charge in [-0.3, -0.25) is 0 Å². The largest absolute Gasteiger partial charge is 0.0689 e. The van der Waals surface area contributed by atoms with Gasteiger partial charge in [0.1, 0.15) is 0 Å². The normalized spacial score (nSPS) is 14.2. The highest BCUT2D eigenvalue weighted by Gasteiger charge is 2.13. The molecule has 2 rings (SSSR count). The molecule has 0 amide bonds. The molecule has 0 saturated heterocycles. The predicted molar refractivity (Wildman–Crippen MR) is 55.7 cm³/mol. The lowest BCUT2D eigenvalue weighted by molar-refractivity contribution is 0.906. The Morgan fingerprint density at radius 3 is 3.00 bits per heavy atom. The molecular formula is C13H15. The molecular weight excluding hydrogens is 156 g/mol. The second-order valence-corrected chi connectivity index (χ2v) is 3.93. The van der Waals surface area contributed by atoms with E-state index < -0.39 is 0 Å². The zero-order valence-corrected chi connectivity index (χ0v) is 8.14. The third kappa shape index (κ3) is 1.67. The van der Waals surface area contributed by atoms with Gasteiger partial charge in [-0.1, -0.05) is 30.4 Å². The molecule has 1 aliphatic carbocycles. The number of allylic oxidation sites excluding steroid dienone is 1. The minimum absolute atomic E-state index is 0.948. The fraction of sp³-hybridized carbons (Fsp3) is 0.385. The van der Waals surface area contributed by atoms with Gasteiger partial charge in [0.2, 0.25) is 0 Å². The molecule has 67 valence electrons. The topological polar surface area (TPSA) is 0 Å². The van der Waals surface area contributed by atoms with Crippen molar-refractivity contribution in [1.29, 1.82) is 0 Å². The van der Waals surface area contributed by atoms with Crippen molar-refractivity contribution in [2.75, 3.05) is 0 Å². The van der Waals surface area contributed by atoms with E-state index in [1.807, 2.05) is 6.92 Å². The predicted octanol–water partition coefficient (Wildman–Crippen LogP) is 3.10. The highest BCUT2D eigenvalue weighted by atomic mass is 14.2. The van der Waals surface area contributed by atoms with Crippen molar-refractivity contribution in [2.24, 2.45) is 0 Å². The first-order chi connectivity index (χ1) is 6.27. The summed E-state index contributed by atoms with van der Waals surface area (Å²) in [4.78, 5) is 0. The summed E-state index contributed by atoms with van der Waals surface area (Å²) in [5, 5.41) is 0. The monoisotopic (exact) mass is 171 g/mol. The molecule has 0 fully saturated rings. The van der Waals surface area contributed by atoms with Gasteiger partial charge in [0.05, 0.1) is 0 Å². The first-order valence-electron chi connectivity index (χ1n) is 4.95. The van der Waals surface area contributed by atoms with Crippen LogP contribution in [0.1, 0.15) is 30.0 Å². The quantitative estimate of drug-likeness (QED) is 0.641. The molecule has 1 aromatic carbocycles. The van der Waals surface area contributed by atoms with E-state index in [2.05, 4.69) is 18.2 Å². The van der Waals surface area contributed by atoms with Gasteiger partial charge >= 0.3 is 0 Å². The number of fused-ring (bicyclic) bond motifs is 1. The van der Waals surface area contributed by atoms with Crippen molar-refractivity contribution in [1.82, 2.24) is 0 Å². The smallest absolute Gasteiger partial charge is 0.00639 e. The summed E-state index contributed by atoms with van der Waals surface area (Å²) in [5.74, 6) is 0. The van der Waals surface area contributed by atoms with Gasteiger partial charge in [-0.05, 0) is 49.3 Å². The van der Waals surface area contributed by atoms with Crippen molar-refractivity contribution >= 4 is 0 Å². The number of rotatable bonds is 2. The molecule has 0 spiro atoms. The Bertz CT molecular complexity index is 334. The molecule has 0 aliphatic heterocycles. The number of hydrogen-bond acceptors (Lipinski definition) is 0. The Balaban J connectivity index is 2.36. The maximum absolute atomic E-state index is 5.74. The highest BCUT2D eigenvalue weighted by molar-refractivity contribution is 5.39. The molecule has 0 heterocycles. The van der Waals surface area contributed by atoms with Crippen molar-refractivity contribution < 1.29 is 0 Å². The van der Waals surface area contributed by atoms with E-state index in [1.165, 1.54) is 24.8 Å². The Morgan fingerprint density at radius 2 is 2.23 bits per heavy atom. The first kappa shape index (κ1) is 8.55. The summed E-state index contributed by atoms with van der Waals surface area (Å²) >= 11 is 0. The fourth-order valence-corrected chi connectivity index (χ4v) is 2.16. The van der Waals surface area contributed by atoms with E-state index in [4.69, 9.17) is 6.58 Å². The van der Waals surface area contributed by atoms with Crippen LogP contribution in [-0.2, 0) is 19.3 Å². The van der Waals surface area contributed by atoms with E-state index in [-0.39, 0.29) is 0 Å². The summed E-state index contributed by atoms with van der Waals surface area (Å²) in [6.45, 7) is 7.73. The molecule has 0 unspecified atom stereocenters. The van der Waals surface area contributed by atoms with Crippen LogP contribution in [0.5, 0.6) is 0 Å². The Hall–Kier alpha value is -1.04. The first-order valence-corrected chi connectivity index (χ1v) is 4.95. The lowest BCUT2D eigenvalue weighted by atomic mass is 9.98. The average Bonchev–Trinajstić information content (AvgIpc) is 2.51. The van der Waals surface area contributed by atoms with E-state index in [0.717, 1.165) is 12.0 Å². The van der Waals surface area contributed by atoms with Crippen molar-refractivity contribution in [3.8, 4) is 0 Å². The minimum atomic E-state index is 0.948. The van der Waals surface area contributed by atoms with Gasteiger partial charge in [-0.15, -0.1) is 0 Å². The Labute approximate surface area is 80.3 Å². The second-order valence-electron chi connectivity index (χ2n) is 3.93. The summed E-state index contributed by atoms with van der Waals surface area (Å²) in [7, 11) is 0. The van der Waals surface area contributed by atoms with Crippen molar-refractivity contribution in [3.63, 3.8) is 0 Å². The Kier molecular flexibility index (Phi) is 2.22. The molecule has 0 heteroatoms. The van der Waals surface area contributed by atoms with Crippen LogP contribution in [0.25, 0.3) is 0 Å². The molecule has 1 aliphatic rings. The van der Waals surface area contributed by atoms with E-state index in [1.54, 1.807) is 11.1 Å². The minimum Gasteiger partial charge on any atom is -0.0689 e. The second kappa shape index (κ2) is 3.37. The van der Waals surface area contributed by atoms with Crippen LogP contribution < -0.4 is 0 Å². The maximum atomic E-state index is 5.74. The van der Waals surface area contributed by atoms with E-state index in [0.29, 0.717) is 0 Å². The third-order valence-electron chi connectivity index (χ3n) is 2.71. The molecule has 1 aromatic rings. The molecule has 13 heavy (non-hydrogen) atoms. The van der Waals surface area contributed by atoms with Gasteiger partial charge in [-0.25, -0.2) is 0 Å². The molecule has 0 bridgehead atoms. The SMILES string of the molecule is [CH]=C(C)Cc1cccc2c1CCC2. The molecule has 0 aromatic heterocycles. The van der Waals surface area contributed by atoms with Crippen LogP contribution in [0.2, 0.25) is 0 Å². The lowest BCUT2D eigenvalue weighted by Gasteiger charge is -2.07. The Morgan fingerprint density at radius 1 is 1.38 bits per heavy atom. The molecule has 0 nitrogen and oxygen atoms in total. The highest BCUT2D eigenvalue weighted by Crippen LogP contribution is 2.26. The van der Waals surface area contributed by atoms with Crippen LogP contribution >= 0.6 is 0 Å². The van der Waals surface area contributed by atoms with Crippen LogP contribution in [0.4, 0.5) is 0 Å². The van der Waals surface area contributed by atoms with Gasteiger partial charge in [-0.2, -0.15) is 0 Å². The average molecular weight is 171 g/mol. The summed E-state index contributed by atoms with van der Waals surface area (Å²) < 4.78 is 0. The molecule has 1 radical (unpaired) electrons. The molecule has 0 saturated carbocycles. The van der Waals surface area contributed by atoms with E-state index in [9.17, 15) is 0 Å². The lowest BCUT2D eigenvalue weighted by Crippen LogP contribution is -1.93. The molecule has 0 atom stereocenters. The number of aryl methyl sites for hydroxylation is 1. The van der Waals surface area contributed by atoms with Gasteiger partial charge in [0.25, 0.3) is 0 Å². The van der Waals surface area contributed by atoms with E-state index >= 15 is 0 Å². The zero-order valence-electron chi connectivity index (χ0n) is 8.14. The molecule has 0 N–H and O–H groups in total.